The van der Waals surface area contributed by atoms with Gasteiger partial charge in [-0.25, -0.2) is 0 Å². The van der Waals surface area contributed by atoms with Crippen molar-refractivity contribution >= 4 is 17.3 Å². The zero-order valence-corrected chi connectivity index (χ0v) is 11.2. The van der Waals surface area contributed by atoms with E-state index in [1.54, 1.807) is 18.4 Å². The van der Waals surface area contributed by atoms with Crippen LogP contribution in [0.4, 0.5) is 0 Å². The second-order valence-electron chi connectivity index (χ2n) is 4.35. The Morgan fingerprint density at radius 2 is 2.47 bits per heavy atom. The smallest absolute Gasteiger partial charge is 0.192 e. The van der Waals surface area contributed by atoms with Crippen LogP contribution in [0.2, 0.25) is 0 Å². The van der Waals surface area contributed by atoms with E-state index in [1.165, 1.54) is 4.88 Å². The predicted octanol–water partition coefficient (Wildman–Crippen LogP) is 1.67. The first-order chi connectivity index (χ1) is 8.22. The summed E-state index contributed by atoms with van der Waals surface area (Å²) in [6.07, 6.45) is 0.983. The molecule has 1 unspecified atom stereocenters. The number of thiophene rings is 1. The van der Waals surface area contributed by atoms with Gasteiger partial charge in [0.2, 0.25) is 0 Å². The fourth-order valence-electron chi connectivity index (χ4n) is 2.25. The van der Waals surface area contributed by atoms with Crippen LogP contribution in [0.25, 0.3) is 0 Å². The third-order valence-electron chi connectivity index (χ3n) is 3.35. The summed E-state index contributed by atoms with van der Waals surface area (Å²) in [4.78, 5) is 7.87. The van der Waals surface area contributed by atoms with Crippen LogP contribution in [0.3, 0.4) is 0 Å². The number of hydrogen-bond acceptors (Lipinski definition) is 5. The largest absolute Gasteiger partial charge is 0.382 e. The molecule has 1 aromatic heterocycles. The number of nitrogens with zero attached hydrogens (tertiary/aromatic N) is 2. The van der Waals surface area contributed by atoms with Crippen molar-refractivity contribution in [3.63, 3.8) is 0 Å². The third-order valence-corrected chi connectivity index (χ3v) is 4.21. The first kappa shape index (κ1) is 12.4. The van der Waals surface area contributed by atoms with Crippen LogP contribution in [0.1, 0.15) is 18.2 Å². The van der Waals surface area contributed by atoms with Crippen LogP contribution in [0.5, 0.6) is 0 Å². The molecule has 1 aromatic rings. The van der Waals surface area contributed by atoms with Gasteiger partial charge in [0.15, 0.2) is 5.96 Å². The zero-order valence-electron chi connectivity index (χ0n) is 10.3. The highest BCUT2D eigenvalue weighted by Gasteiger charge is 2.40. The summed E-state index contributed by atoms with van der Waals surface area (Å²) in [6, 6.07) is 4.19. The quantitative estimate of drug-likeness (QED) is 0.868. The van der Waals surface area contributed by atoms with Crippen LogP contribution in [-0.4, -0.2) is 36.7 Å². The van der Waals surface area contributed by atoms with E-state index in [4.69, 9.17) is 10.5 Å². The van der Waals surface area contributed by atoms with Gasteiger partial charge in [-0.3, -0.25) is 4.99 Å². The van der Waals surface area contributed by atoms with Crippen molar-refractivity contribution < 1.29 is 4.74 Å². The Labute approximate surface area is 106 Å². The van der Waals surface area contributed by atoms with E-state index in [-0.39, 0.29) is 5.54 Å². The average Bonchev–Trinajstić information content (AvgIpc) is 2.93. The lowest BCUT2D eigenvalue weighted by Gasteiger charge is -2.37. The molecule has 2 N–H and O–H groups in total. The molecule has 0 spiro atoms. The molecular weight excluding hydrogens is 234 g/mol. The van der Waals surface area contributed by atoms with Gasteiger partial charge in [0.25, 0.3) is 0 Å². The maximum Gasteiger partial charge on any atom is 0.192 e. The van der Waals surface area contributed by atoms with Crippen LogP contribution in [0, 0.1) is 0 Å². The van der Waals surface area contributed by atoms with Crippen LogP contribution < -0.4 is 5.73 Å². The molecule has 1 aliphatic rings. The summed E-state index contributed by atoms with van der Waals surface area (Å²) >= 11 is 1.75. The average molecular weight is 253 g/mol. The number of hydrogen-bond donors (Lipinski definition) is 1. The van der Waals surface area contributed by atoms with Gasteiger partial charge in [0.05, 0.1) is 25.2 Å². The Hall–Kier alpha value is -1.07. The number of aliphatic imine (C=N–C) groups is 1. The first-order valence-corrected chi connectivity index (χ1v) is 6.69. The van der Waals surface area contributed by atoms with Crippen molar-refractivity contribution in [2.24, 2.45) is 10.7 Å². The van der Waals surface area contributed by atoms with Crippen LogP contribution in [0.15, 0.2) is 22.5 Å². The molecule has 4 nitrogen and oxygen atoms in total. The van der Waals surface area contributed by atoms with Crippen molar-refractivity contribution in [2.45, 2.75) is 25.4 Å². The Kier molecular flexibility index (Phi) is 3.69. The minimum Gasteiger partial charge on any atom is -0.382 e. The summed E-state index contributed by atoms with van der Waals surface area (Å²) in [7, 11) is 1.73. The second kappa shape index (κ2) is 5.06. The van der Waals surface area contributed by atoms with Gasteiger partial charge in [-0.1, -0.05) is 13.0 Å². The number of rotatable bonds is 5. The number of nitrogens with two attached hydrogens (primary N) is 1. The van der Waals surface area contributed by atoms with Gasteiger partial charge in [-0.2, -0.15) is 0 Å². The summed E-state index contributed by atoms with van der Waals surface area (Å²) in [5.41, 5.74) is 5.94. The normalized spacial score (nSPS) is 24.1. The molecule has 1 aliphatic heterocycles. The number of ether oxygens (including phenoxy) is 1. The molecule has 5 heteroatoms. The maximum absolute atomic E-state index is 6.00. The fourth-order valence-corrected chi connectivity index (χ4v) is 2.94. The molecule has 0 radical (unpaired) electrons. The van der Waals surface area contributed by atoms with Gasteiger partial charge in [-0.05, 0) is 17.9 Å². The van der Waals surface area contributed by atoms with E-state index >= 15 is 0 Å². The number of methoxy groups -OCH3 is 1. The molecule has 2 heterocycles. The summed E-state index contributed by atoms with van der Waals surface area (Å²) in [5, 5.41) is 2.09. The molecule has 17 heavy (non-hydrogen) atoms. The van der Waals surface area contributed by atoms with Gasteiger partial charge in [-0.15, -0.1) is 11.3 Å². The number of guanidine groups is 1. The van der Waals surface area contributed by atoms with Gasteiger partial charge in [0.1, 0.15) is 0 Å². The minimum atomic E-state index is -0.0666. The SMILES string of the molecule is CCC1(COC)CN=C(N)N1Cc1cccs1. The Bertz CT molecular complexity index is 390. The molecule has 0 saturated heterocycles. The molecule has 2 rings (SSSR count). The fraction of sp³-hybridized carbons (Fsp3) is 0.583. The lowest BCUT2D eigenvalue weighted by atomic mass is 9.96. The summed E-state index contributed by atoms with van der Waals surface area (Å²) in [5.74, 6) is 0.636. The standard InChI is InChI=1S/C12H19N3OS/c1-3-12(9-16-2)8-14-11(13)15(12)7-10-5-4-6-17-10/h4-6H,3,7-9H2,1-2H3,(H2,13,14). The molecule has 0 aromatic carbocycles. The van der Waals surface area contributed by atoms with E-state index in [0.29, 0.717) is 12.6 Å². The zero-order chi connectivity index (χ0) is 12.3. The van der Waals surface area contributed by atoms with Crippen molar-refractivity contribution in [3.05, 3.63) is 22.4 Å². The van der Waals surface area contributed by atoms with Crippen molar-refractivity contribution in [2.75, 3.05) is 20.3 Å². The molecular formula is C12H19N3OS. The Morgan fingerprint density at radius 3 is 3.06 bits per heavy atom. The monoisotopic (exact) mass is 253 g/mol. The minimum absolute atomic E-state index is 0.0666. The van der Waals surface area contributed by atoms with E-state index in [0.717, 1.165) is 19.5 Å². The van der Waals surface area contributed by atoms with E-state index in [9.17, 15) is 0 Å². The second-order valence-corrected chi connectivity index (χ2v) is 5.38. The predicted molar refractivity (Wildman–Crippen MR) is 71.2 cm³/mol. The highest BCUT2D eigenvalue weighted by molar-refractivity contribution is 7.09. The van der Waals surface area contributed by atoms with Gasteiger partial charge in [0, 0.05) is 12.0 Å². The van der Waals surface area contributed by atoms with Gasteiger partial charge >= 0.3 is 0 Å². The molecule has 0 bridgehead atoms. The Morgan fingerprint density at radius 1 is 1.65 bits per heavy atom. The molecule has 1 atom stereocenters. The lowest BCUT2D eigenvalue weighted by Crippen LogP contribution is -2.53. The summed E-state index contributed by atoms with van der Waals surface area (Å²) in [6.45, 7) is 4.38. The first-order valence-electron chi connectivity index (χ1n) is 5.81. The lowest BCUT2D eigenvalue weighted by molar-refractivity contribution is 0.0604. The van der Waals surface area contributed by atoms with E-state index in [1.807, 2.05) is 0 Å². The maximum atomic E-state index is 6.00. The topological polar surface area (TPSA) is 50.9 Å². The molecule has 0 amide bonds. The van der Waals surface area contributed by atoms with Crippen LogP contribution in [-0.2, 0) is 11.3 Å². The van der Waals surface area contributed by atoms with Crippen LogP contribution >= 0.6 is 11.3 Å². The molecule has 0 saturated carbocycles. The highest BCUT2D eigenvalue weighted by atomic mass is 32.1. The van der Waals surface area contributed by atoms with Crippen molar-refractivity contribution in [3.8, 4) is 0 Å². The molecule has 94 valence electrons. The third kappa shape index (κ3) is 2.30. The van der Waals surface area contributed by atoms with Crippen molar-refractivity contribution in [1.29, 1.82) is 0 Å². The summed E-state index contributed by atoms with van der Waals surface area (Å²) < 4.78 is 5.35. The highest BCUT2D eigenvalue weighted by Crippen LogP contribution is 2.28. The van der Waals surface area contributed by atoms with Crippen molar-refractivity contribution in [1.82, 2.24) is 4.90 Å². The Balaban J connectivity index is 2.18. The molecule has 0 fully saturated rings. The molecule has 0 aliphatic carbocycles. The van der Waals surface area contributed by atoms with E-state index < -0.39 is 0 Å². The van der Waals surface area contributed by atoms with E-state index in [2.05, 4.69) is 34.3 Å². The van der Waals surface area contributed by atoms with Gasteiger partial charge < -0.3 is 15.4 Å².